The second kappa shape index (κ2) is 4.97. The Morgan fingerprint density at radius 3 is 2.80 bits per heavy atom. The summed E-state index contributed by atoms with van der Waals surface area (Å²) in [7, 11) is 0. The number of anilines is 1. The molecule has 0 aromatic heterocycles. The summed E-state index contributed by atoms with van der Waals surface area (Å²) in [4.78, 5) is 2.12. The summed E-state index contributed by atoms with van der Waals surface area (Å²) < 4.78 is 13.8. The molecule has 1 atom stereocenters. The molecule has 0 spiro atoms. The van der Waals surface area contributed by atoms with E-state index in [1.807, 2.05) is 24.3 Å². The van der Waals surface area contributed by atoms with Crippen molar-refractivity contribution in [3.63, 3.8) is 0 Å². The van der Waals surface area contributed by atoms with Crippen LogP contribution >= 0.6 is 0 Å². The van der Waals surface area contributed by atoms with E-state index >= 15 is 0 Å². The lowest BCUT2D eigenvalue weighted by atomic mass is 9.92. The quantitative estimate of drug-likeness (QED) is 0.784. The minimum Gasteiger partial charge on any atom is -0.363 e. The van der Waals surface area contributed by atoms with E-state index in [-0.39, 0.29) is 11.6 Å². The normalized spacial score (nSPS) is 17.4. The van der Waals surface area contributed by atoms with E-state index in [2.05, 4.69) is 24.0 Å². The van der Waals surface area contributed by atoms with Gasteiger partial charge in [0.15, 0.2) is 0 Å². The molecule has 0 N–H and O–H groups in total. The molecule has 0 radical (unpaired) electrons. The molecule has 0 fully saturated rings. The van der Waals surface area contributed by atoms with Crippen LogP contribution in [0.4, 0.5) is 10.1 Å². The first-order valence-corrected chi connectivity index (χ1v) is 6.75. The van der Waals surface area contributed by atoms with Crippen molar-refractivity contribution in [3.8, 4) is 6.07 Å². The maximum absolute atomic E-state index is 13.8. The Morgan fingerprint density at radius 2 is 2.00 bits per heavy atom. The molecular formula is C17H15FN2. The second-order valence-electron chi connectivity index (χ2n) is 5.06. The highest BCUT2D eigenvalue weighted by Crippen LogP contribution is 2.35. The lowest BCUT2D eigenvalue weighted by Gasteiger charge is -2.37. The molecular weight excluding hydrogens is 251 g/mol. The van der Waals surface area contributed by atoms with Crippen molar-refractivity contribution in [1.29, 1.82) is 5.26 Å². The van der Waals surface area contributed by atoms with Gasteiger partial charge >= 0.3 is 0 Å². The molecule has 0 saturated carbocycles. The average molecular weight is 266 g/mol. The SMILES string of the molecule is CC1c2ccccc2CCN1c1cccc(F)c1C#N. The number of fused-ring (bicyclic) bond motifs is 1. The fourth-order valence-electron chi connectivity index (χ4n) is 2.96. The zero-order valence-corrected chi connectivity index (χ0v) is 11.3. The first-order valence-electron chi connectivity index (χ1n) is 6.75. The van der Waals surface area contributed by atoms with Crippen LogP contribution in [0.1, 0.15) is 29.7 Å². The summed E-state index contributed by atoms with van der Waals surface area (Å²) in [6, 6.07) is 15.3. The zero-order chi connectivity index (χ0) is 14.1. The highest BCUT2D eigenvalue weighted by atomic mass is 19.1. The van der Waals surface area contributed by atoms with Crippen molar-refractivity contribution in [2.75, 3.05) is 11.4 Å². The monoisotopic (exact) mass is 266 g/mol. The summed E-state index contributed by atoms with van der Waals surface area (Å²) in [6.45, 7) is 2.90. The van der Waals surface area contributed by atoms with Crippen LogP contribution in [0, 0.1) is 17.1 Å². The predicted octanol–water partition coefficient (Wildman–Crippen LogP) is 3.82. The second-order valence-corrected chi connectivity index (χ2v) is 5.06. The van der Waals surface area contributed by atoms with Crippen LogP contribution < -0.4 is 4.90 Å². The smallest absolute Gasteiger partial charge is 0.143 e. The third kappa shape index (κ3) is 1.94. The Kier molecular flexibility index (Phi) is 3.15. The van der Waals surface area contributed by atoms with Crippen LogP contribution in [0.25, 0.3) is 0 Å². The van der Waals surface area contributed by atoms with Gasteiger partial charge in [-0.05, 0) is 36.6 Å². The molecule has 2 nitrogen and oxygen atoms in total. The first kappa shape index (κ1) is 12.7. The van der Waals surface area contributed by atoms with Crippen LogP contribution in [-0.4, -0.2) is 6.54 Å². The van der Waals surface area contributed by atoms with E-state index < -0.39 is 5.82 Å². The molecule has 3 heteroatoms. The molecule has 0 amide bonds. The molecule has 2 aromatic carbocycles. The van der Waals surface area contributed by atoms with Crippen LogP contribution in [0.3, 0.4) is 0 Å². The lowest BCUT2D eigenvalue weighted by molar-refractivity contribution is 0.605. The van der Waals surface area contributed by atoms with Gasteiger partial charge in [-0.2, -0.15) is 5.26 Å². The first-order chi connectivity index (χ1) is 9.72. The molecule has 1 unspecified atom stereocenters. The van der Waals surface area contributed by atoms with E-state index in [0.717, 1.165) is 13.0 Å². The maximum atomic E-state index is 13.8. The fourth-order valence-corrected chi connectivity index (χ4v) is 2.96. The Balaban J connectivity index is 2.06. The predicted molar refractivity (Wildman–Crippen MR) is 77.0 cm³/mol. The molecule has 1 aliphatic heterocycles. The number of hydrogen-bond donors (Lipinski definition) is 0. The molecule has 0 saturated heterocycles. The van der Waals surface area contributed by atoms with Crippen molar-refractivity contribution < 1.29 is 4.39 Å². The molecule has 20 heavy (non-hydrogen) atoms. The van der Waals surface area contributed by atoms with E-state index in [1.165, 1.54) is 17.2 Å². The van der Waals surface area contributed by atoms with Crippen LogP contribution in [0.15, 0.2) is 42.5 Å². The van der Waals surface area contributed by atoms with Gasteiger partial charge in [-0.15, -0.1) is 0 Å². The minimum absolute atomic E-state index is 0.138. The standard InChI is InChI=1S/C17H15FN2/c1-12-14-6-3-2-5-13(14)9-10-20(12)17-8-4-7-16(18)15(17)11-19/h2-8,12H,9-10H2,1H3. The Bertz CT molecular complexity index is 688. The Hall–Kier alpha value is -2.34. The third-order valence-corrected chi connectivity index (χ3v) is 4.01. The van der Waals surface area contributed by atoms with Gasteiger partial charge in [0.25, 0.3) is 0 Å². The van der Waals surface area contributed by atoms with Gasteiger partial charge in [-0.3, -0.25) is 0 Å². The summed E-state index contributed by atoms with van der Waals surface area (Å²) >= 11 is 0. The zero-order valence-electron chi connectivity index (χ0n) is 11.3. The summed E-state index contributed by atoms with van der Waals surface area (Å²) in [5.41, 5.74) is 3.42. The van der Waals surface area contributed by atoms with Crippen molar-refractivity contribution in [2.45, 2.75) is 19.4 Å². The van der Waals surface area contributed by atoms with Gasteiger partial charge in [0.1, 0.15) is 17.4 Å². The number of benzene rings is 2. The number of rotatable bonds is 1. The van der Waals surface area contributed by atoms with Crippen LogP contribution in [0.2, 0.25) is 0 Å². The van der Waals surface area contributed by atoms with Gasteiger partial charge in [-0.1, -0.05) is 30.3 Å². The average Bonchev–Trinajstić information content (AvgIpc) is 2.48. The Morgan fingerprint density at radius 1 is 1.20 bits per heavy atom. The largest absolute Gasteiger partial charge is 0.363 e. The molecule has 1 aliphatic rings. The van der Waals surface area contributed by atoms with Gasteiger partial charge in [0, 0.05) is 6.54 Å². The van der Waals surface area contributed by atoms with Crippen molar-refractivity contribution in [3.05, 3.63) is 65.0 Å². The highest BCUT2D eigenvalue weighted by Gasteiger charge is 2.26. The summed E-state index contributed by atoms with van der Waals surface area (Å²) in [6.07, 6.45) is 0.919. The summed E-state index contributed by atoms with van der Waals surface area (Å²) in [5.74, 6) is -0.448. The fraction of sp³-hybridized carbons (Fsp3) is 0.235. The maximum Gasteiger partial charge on any atom is 0.143 e. The van der Waals surface area contributed by atoms with Crippen LogP contribution in [-0.2, 0) is 6.42 Å². The van der Waals surface area contributed by atoms with E-state index in [4.69, 9.17) is 0 Å². The minimum atomic E-state index is -0.448. The van der Waals surface area contributed by atoms with E-state index in [9.17, 15) is 9.65 Å². The number of nitrogens with zero attached hydrogens (tertiary/aromatic N) is 2. The Labute approximate surface area is 118 Å². The highest BCUT2D eigenvalue weighted by molar-refractivity contribution is 5.62. The van der Waals surface area contributed by atoms with Crippen molar-refractivity contribution in [2.24, 2.45) is 0 Å². The van der Waals surface area contributed by atoms with Crippen molar-refractivity contribution in [1.82, 2.24) is 0 Å². The number of hydrogen-bond acceptors (Lipinski definition) is 2. The number of halogens is 1. The van der Waals surface area contributed by atoms with E-state index in [1.54, 1.807) is 6.07 Å². The van der Waals surface area contributed by atoms with Gasteiger partial charge < -0.3 is 4.90 Å². The molecule has 0 bridgehead atoms. The third-order valence-electron chi connectivity index (χ3n) is 4.01. The molecule has 100 valence electrons. The van der Waals surface area contributed by atoms with Gasteiger partial charge in [0.05, 0.1) is 11.7 Å². The molecule has 1 heterocycles. The topological polar surface area (TPSA) is 27.0 Å². The summed E-state index contributed by atoms with van der Waals surface area (Å²) in [5, 5.41) is 9.19. The number of nitriles is 1. The lowest BCUT2D eigenvalue weighted by Crippen LogP contribution is -2.34. The van der Waals surface area contributed by atoms with Gasteiger partial charge in [0.2, 0.25) is 0 Å². The molecule has 3 rings (SSSR count). The molecule has 0 aliphatic carbocycles. The molecule has 2 aromatic rings. The van der Waals surface area contributed by atoms with E-state index in [0.29, 0.717) is 5.69 Å². The van der Waals surface area contributed by atoms with Gasteiger partial charge in [-0.25, -0.2) is 4.39 Å². The van der Waals surface area contributed by atoms with Crippen molar-refractivity contribution >= 4 is 5.69 Å². The van der Waals surface area contributed by atoms with Crippen LogP contribution in [0.5, 0.6) is 0 Å².